The van der Waals surface area contributed by atoms with E-state index in [2.05, 4.69) is 6.92 Å². The normalized spacial score (nSPS) is 21.6. The van der Waals surface area contributed by atoms with Crippen molar-refractivity contribution in [1.29, 1.82) is 0 Å². The highest BCUT2D eigenvalue weighted by Crippen LogP contribution is 2.41. The number of hydrogen-bond acceptors (Lipinski definition) is 2. The van der Waals surface area contributed by atoms with Gasteiger partial charge in [0.25, 0.3) is 0 Å². The third-order valence-corrected chi connectivity index (χ3v) is 4.86. The van der Waals surface area contributed by atoms with Crippen molar-refractivity contribution in [1.82, 2.24) is 0 Å². The third kappa shape index (κ3) is 2.73. The molecular weight excluding hydrogens is 284 g/mol. The lowest BCUT2D eigenvalue weighted by Gasteiger charge is -2.30. The minimum atomic E-state index is -0.0486. The van der Waals surface area contributed by atoms with Crippen LogP contribution in [0.2, 0.25) is 5.02 Å². The Morgan fingerprint density at radius 2 is 1.71 bits per heavy atom. The molecule has 110 valence electrons. The van der Waals surface area contributed by atoms with E-state index in [9.17, 15) is 10.2 Å². The van der Waals surface area contributed by atoms with Crippen molar-refractivity contribution in [3.05, 3.63) is 58.1 Å². The Kier molecular flexibility index (Phi) is 3.58. The van der Waals surface area contributed by atoms with Crippen LogP contribution < -0.4 is 0 Å². The molecule has 0 saturated carbocycles. The lowest BCUT2D eigenvalue weighted by Crippen LogP contribution is -2.24. The molecule has 2 aromatic rings. The van der Waals surface area contributed by atoms with Gasteiger partial charge in [0.15, 0.2) is 0 Å². The molecular formula is C18H19ClO2. The summed E-state index contributed by atoms with van der Waals surface area (Å²) in [6.07, 6.45) is 3.97. The van der Waals surface area contributed by atoms with Crippen LogP contribution in [0.15, 0.2) is 36.4 Å². The van der Waals surface area contributed by atoms with E-state index in [0.29, 0.717) is 10.8 Å². The lowest BCUT2D eigenvalue weighted by molar-refractivity contribution is 0.427. The number of aryl methyl sites for hydroxylation is 1. The number of benzene rings is 2. The van der Waals surface area contributed by atoms with Crippen LogP contribution in [0.4, 0.5) is 0 Å². The summed E-state index contributed by atoms with van der Waals surface area (Å²) >= 11 is 6.36. The number of halogens is 1. The van der Waals surface area contributed by atoms with E-state index in [1.165, 1.54) is 11.1 Å². The Morgan fingerprint density at radius 3 is 2.48 bits per heavy atom. The molecule has 2 N–H and O–H groups in total. The Labute approximate surface area is 130 Å². The maximum atomic E-state index is 9.65. The highest BCUT2D eigenvalue weighted by molar-refractivity contribution is 6.31. The van der Waals surface area contributed by atoms with Crippen LogP contribution in [0.5, 0.6) is 11.5 Å². The zero-order chi connectivity index (χ0) is 15.0. The summed E-state index contributed by atoms with van der Waals surface area (Å²) in [6, 6.07) is 10.9. The number of rotatable bonds is 1. The van der Waals surface area contributed by atoms with Crippen molar-refractivity contribution in [3.8, 4) is 11.5 Å². The van der Waals surface area contributed by atoms with Gasteiger partial charge in [-0.15, -0.1) is 0 Å². The molecule has 0 amide bonds. The summed E-state index contributed by atoms with van der Waals surface area (Å²) in [5, 5.41) is 19.8. The molecule has 3 heteroatoms. The average Bonchev–Trinajstić information content (AvgIpc) is 2.57. The van der Waals surface area contributed by atoms with Crippen LogP contribution in [0.1, 0.15) is 36.5 Å². The van der Waals surface area contributed by atoms with Gasteiger partial charge in [-0.1, -0.05) is 30.7 Å². The summed E-state index contributed by atoms with van der Waals surface area (Å²) in [5.74, 6) is 0.534. The van der Waals surface area contributed by atoms with E-state index in [1.807, 2.05) is 18.2 Å². The van der Waals surface area contributed by atoms with E-state index < -0.39 is 0 Å². The predicted molar refractivity (Wildman–Crippen MR) is 85.2 cm³/mol. The summed E-state index contributed by atoms with van der Waals surface area (Å²) in [6.45, 7) is 2.23. The molecule has 1 atom stereocenters. The molecule has 2 nitrogen and oxygen atoms in total. The van der Waals surface area contributed by atoms with Crippen molar-refractivity contribution in [2.24, 2.45) is 0 Å². The highest BCUT2D eigenvalue weighted by atomic mass is 35.5. The summed E-state index contributed by atoms with van der Waals surface area (Å²) in [5.41, 5.74) is 3.54. The average molecular weight is 303 g/mol. The SMILES string of the molecule is CC1(c2ccc(O)cc2Cl)CCCc2cc(O)ccc2C1. The van der Waals surface area contributed by atoms with Crippen molar-refractivity contribution in [2.45, 2.75) is 38.0 Å². The largest absolute Gasteiger partial charge is 0.508 e. The Hall–Kier alpha value is -1.67. The van der Waals surface area contributed by atoms with Crippen molar-refractivity contribution in [3.63, 3.8) is 0 Å². The first-order valence-corrected chi connectivity index (χ1v) is 7.65. The van der Waals surface area contributed by atoms with Gasteiger partial charge in [0.05, 0.1) is 0 Å². The highest BCUT2D eigenvalue weighted by Gasteiger charge is 2.31. The molecule has 0 spiro atoms. The molecule has 0 heterocycles. The maximum Gasteiger partial charge on any atom is 0.117 e. The Balaban J connectivity index is 2.03. The fourth-order valence-corrected chi connectivity index (χ4v) is 3.82. The number of aromatic hydroxyl groups is 2. The second-order valence-electron chi connectivity index (χ2n) is 6.21. The zero-order valence-corrected chi connectivity index (χ0v) is 12.8. The van der Waals surface area contributed by atoms with Gasteiger partial charge in [-0.25, -0.2) is 0 Å². The van der Waals surface area contributed by atoms with Gasteiger partial charge in [-0.2, -0.15) is 0 Å². The molecule has 1 aliphatic carbocycles. The van der Waals surface area contributed by atoms with Crippen molar-refractivity contribution < 1.29 is 10.2 Å². The molecule has 2 aromatic carbocycles. The molecule has 1 aliphatic rings. The summed E-state index contributed by atoms with van der Waals surface area (Å²) in [4.78, 5) is 0. The zero-order valence-electron chi connectivity index (χ0n) is 12.1. The summed E-state index contributed by atoms with van der Waals surface area (Å²) in [7, 11) is 0. The quantitative estimate of drug-likeness (QED) is 0.757. The van der Waals surface area contributed by atoms with Gasteiger partial charge in [0, 0.05) is 5.02 Å². The molecule has 1 unspecified atom stereocenters. The van der Waals surface area contributed by atoms with Gasteiger partial charge in [-0.05, 0) is 72.1 Å². The van der Waals surface area contributed by atoms with Crippen LogP contribution in [0, 0.1) is 0 Å². The summed E-state index contributed by atoms with van der Waals surface area (Å²) < 4.78 is 0. The van der Waals surface area contributed by atoms with E-state index in [1.54, 1.807) is 18.2 Å². The number of phenolic OH excluding ortho intramolecular Hbond substituents is 2. The molecule has 0 radical (unpaired) electrons. The fourth-order valence-electron chi connectivity index (χ4n) is 3.42. The maximum absolute atomic E-state index is 9.65. The minimum absolute atomic E-state index is 0.0486. The third-order valence-electron chi connectivity index (χ3n) is 4.55. The molecule has 0 bridgehead atoms. The van der Waals surface area contributed by atoms with Gasteiger partial charge in [0.1, 0.15) is 11.5 Å². The van der Waals surface area contributed by atoms with Gasteiger partial charge in [0.2, 0.25) is 0 Å². The Morgan fingerprint density at radius 1 is 1.00 bits per heavy atom. The second kappa shape index (κ2) is 5.27. The molecule has 0 fully saturated rings. The molecule has 0 saturated heterocycles. The van der Waals surface area contributed by atoms with Crippen molar-refractivity contribution in [2.75, 3.05) is 0 Å². The number of hydrogen-bond donors (Lipinski definition) is 2. The van der Waals surface area contributed by atoms with E-state index in [-0.39, 0.29) is 11.2 Å². The molecule has 3 rings (SSSR count). The molecule has 21 heavy (non-hydrogen) atoms. The molecule has 0 aliphatic heterocycles. The first-order chi connectivity index (χ1) is 9.98. The number of fused-ring (bicyclic) bond motifs is 1. The number of phenols is 2. The van der Waals surface area contributed by atoms with Crippen LogP contribution >= 0.6 is 11.6 Å². The lowest BCUT2D eigenvalue weighted by atomic mass is 9.75. The second-order valence-corrected chi connectivity index (χ2v) is 6.62. The monoisotopic (exact) mass is 302 g/mol. The van der Waals surface area contributed by atoms with Crippen LogP contribution in [0.25, 0.3) is 0 Å². The topological polar surface area (TPSA) is 40.5 Å². The van der Waals surface area contributed by atoms with Crippen LogP contribution in [-0.2, 0) is 18.3 Å². The van der Waals surface area contributed by atoms with Gasteiger partial charge >= 0.3 is 0 Å². The first-order valence-electron chi connectivity index (χ1n) is 7.28. The van der Waals surface area contributed by atoms with E-state index in [4.69, 9.17) is 11.6 Å². The van der Waals surface area contributed by atoms with Crippen LogP contribution in [-0.4, -0.2) is 10.2 Å². The van der Waals surface area contributed by atoms with E-state index in [0.717, 1.165) is 31.2 Å². The van der Waals surface area contributed by atoms with Gasteiger partial charge in [-0.3, -0.25) is 0 Å². The molecule has 0 aromatic heterocycles. The van der Waals surface area contributed by atoms with Gasteiger partial charge < -0.3 is 10.2 Å². The van der Waals surface area contributed by atoms with Crippen LogP contribution in [0.3, 0.4) is 0 Å². The Bertz CT molecular complexity index is 681. The fraction of sp³-hybridized carbons (Fsp3) is 0.333. The van der Waals surface area contributed by atoms with Crippen molar-refractivity contribution >= 4 is 11.6 Å². The standard InChI is InChI=1S/C18H19ClO2/c1-18(16-7-6-15(21)10-17(16)19)8-2-3-12-9-14(20)5-4-13(12)11-18/h4-7,9-10,20-21H,2-3,8,11H2,1H3. The first kappa shape index (κ1) is 14.3. The minimum Gasteiger partial charge on any atom is -0.508 e. The van der Waals surface area contributed by atoms with E-state index >= 15 is 0 Å². The predicted octanol–water partition coefficient (Wildman–Crippen LogP) is 4.59. The smallest absolute Gasteiger partial charge is 0.117 e.